The van der Waals surface area contributed by atoms with E-state index in [0.717, 1.165) is 5.69 Å². The van der Waals surface area contributed by atoms with E-state index in [-0.39, 0.29) is 11.5 Å². The lowest BCUT2D eigenvalue weighted by Crippen LogP contribution is -2.31. The topological polar surface area (TPSA) is 112 Å². The Morgan fingerprint density at radius 1 is 1.31 bits per heavy atom. The summed E-state index contributed by atoms with van der Waals surface area (Å²) < 4.78 is 3.48. The van der Waals surface area contributed by atoms with Gasteiger partial charge in [0.05, 0.1) is 11.3 Å². The van der Waals surface area contributed by atoms with Gasteiger partial charge in [-0.25, -0.2) is 9.97 Å². The number of nitrogens with zero attached hydrogens (tertiary/aromatic N) is 6. The fourth-order valence-electron chi connectivity index (χ4n) is 3.02. The van der Waals surface area contributed by atoms with Crippen LogP contribution in [0, 0.1) is 6.92 Å². The van der Waals surface area contributed by atoms with Crippen molar-refractivity contribution in [3.05, 3.63) is 47.4 Å². The average molecular weight is 460 g/mol. The van der Waals surface area contributed by atoms with Gasteiger partial charge >= 0.3 is 0 Å². The van der Waals surface area contributed by atoms with Crippen molar-refractivity contribution in [1.82, 2.24) is 24.3 Å². The molecule has 2 N–H and O–H groups in total. The summed E-state index contributed by atoms with van der Waals surface area (Å²) in [6.07, 6.45) is 5.31. The number of hydrogen-bond donors (Lipinski definition) is 1. The predicted octanol–water partition coefficient (Wildman–Crippen LogP) is 2.28. The monoisotopic (exact) mass is 459 g/mol. The van der Waals surface area contributed by atoms with Gasteiger partial charge in [-0.3, -0.25) is 23.7 Å². The van der Waals surface area contributed by atoms with Crippen LogP contribution < -0.4 is 10.6 Å². The second-order valence-corrected chi connectivity index (χ2v) is 7.08. The molecule has 0 bridgehead atoms. The quantitative estimate of drug-likeness (QED) is 0.430. The van der Waals surface area contributed by atoms with E-state index in [4.69, 9.17) is 5.73 Å². The molecule has 3 aromatic rings. The minimum Gasteiger partial charge on any atom is -0.366 e. The molecule has 2 amide bonds. The molecule has 0 aliphatic heterocycles. The van der Waals surface area contributed by atoms with Crippen LogP contribution in [0.5, 0.6) is 0 Å². The molecule has 0 aliphatic carbocycles. The van der Waals surface area contributed by atoms with Gasteiger partial charge in [0.1, 0.15) is 11.2 Å². The Labute approximate surface area is 176 Å². The Hall–Kier alpha value is -3.01. The van der Waals surface area contributed by atoms with E-state index in [2.05, 4.69) is 31.0 Å². The molecule has 0 aromatic carbocycles. The molecule has 152 valence electrons. The van der Waals surface area contributed by atoms with Crippen LogP contribution in [0.3, 0.4) is 0 Å². The molecular weight excluding hydrogens is 438 g/mol. The van der Waals surface area contributed by atoms with Gasteiger partial charge < -0.3 is 5.73 Å². The third-order valence-electron chi connectivity index (χ3n) is 4.42. The van der Waals surface area contributed by atoms with E-state index in [1.165, 1.54) is 11.1 Å². The standard InChI is InChI=1S/C19H22BrN7O2/c1-4-27-15(9-12(2)24-27)18(29)25(3)19-23-14-10-13(16(21)28)11-22-17(14)26(19)8-6-5-7-20/h5-6,9-11H,4,7-8H2,1-3H3,(H2,21,28)/b6-5+. The fourth-order valence-corrected chi connectivity index (χ4v) is 3.29. The molecule has 0 saturated carbocycles. The minimum atomic E-state index is -0.582. The Kier molecular flexibility index (Phi) is 6.12. The van der Waals surface area contributed by atoms with Crippen molar-refractivity contribution >= 4 is 44.9 Å². The lowest BCUT2D eigenvalue weighted by molar-refractivity contribution is 0.0977. The molecule has 10 heteroatoms. The van der Waals surface area contributed by atoms with Crippen molar-refractivity contribution in [2.24, 2.45) is 5.73 Å². The van der Waals surface area contributed by atoms with Gasteiger partial charge in [-0.15, -0.1) is 0 Å². The SMILES string of the molecule is CCn1nc(C)cc1C(=O)N(C)c1nc2cc(C(N)=O)cnc2n1C/C=C/CBr. The highest BCUT2D eigenvalue weighted by atomic mass is 79.9. The van der Waals surface area contributed by atoms with Crippen molar-refractivity contribution < 1.29 is 9.59 Å². The zero-order chi connectivity index (χ0) is 21.1. The van der Waals surface area contributed by atoms with Crippen molar-refractivity contribution in [2.45, 2.75) is 26.9 Å². The molecule has 0 unspecified atom stereocenters. The first-order valence-corrected chi connectivity index (χ1v) is 10.2. The van der Waals surface area contributed by atoms with Crippen LogP contribution >= 0.6 is 15.9 Å². The van der Waals surface area contributed by atoms with E-state index < -0.39 is 5.91 Å². The molecule has 29 heavy (non-hydrogen) atoms. The Morgan fingerprint density at radius 2 is 2.07 bits per heavy atom. The number of allylic oxidation sites excluding steroid dienone is 2. The summed E-state index contributed by atoms with van der Waals surface area (Å²) in [6, 6.07) is 3.33. The molecule has 3 rings (SSSR count). The third kappa shape index (κ3) is 4.07. The molecule has 0 radical (unpaired) electrons. The highest BCUT2D eigenvalue weighted by molar-refractivity contribution is 9.09. The van der Waals surface area contributed by atoms with Gasteiger partial charge in [0.15, 0.2) is 5.65 Å². The molecule has 0 saturated heterocycles. The van der Waals surface area contributed by atoms with Crippen LogP contribution in [0.15, 0.2) is 30.5 Å². The number of carbonyl (C=O) groups is 2. The lowest BCUT2D eigenvalue weighted by atomic mass is 10.2. The highest BCUT2D eigenvalue weighted by Crippen LogP contribution is 2.23. The number of anilines is 1. The number of aromatic nitrogens is 5. The fraction of sp³-hybridized carbons (Fsp3) is 0.316. The Bertz CT molecular complexity index is 1100. The summed E-state index contributed by atoms with van der Waals surface area (Å²) >= 11 is 3.36. The molecular formula is C19H22BrN7O2. The second kappa shape index (κ2) is 8.56. The van der Waals surface area contributed by atoms with Crippen molar-refractivity contribution in [3.63, 3.8) is 0 Å². The van der Waals surface area contributed by atoms with Crippen LogP contribution in [0.2, 0.25) is 0 Å². The number of aryl methyl sites for hydroxylation is 2. The maximum Gasteiger partial charge on any atom is 0.278 e. The van der Waals surface area contributed by atoms with E-state index >= 15 is 0 Å². The van der Waals surface area contributed by atoms with Crippen LogP contribution in [0.1, 0.15) is 33.5 Å². The first-order chi connectivity index (χ1) is 13.9. The molecule has 3 heterocycles. The van der Waals surface area contributed by atoms with Gasteiger partial charge in [0.2, 0.25) is 11.9 Å². The van der Waals surface area contributed by atoms with Crippen LogP contribution in [0.25, 0.3) is 11.2 Å². The van der Waals surface area contributed by atoms with E-state index in [9.17, 15) is 9.59 Å². The van der Waals surface area contributed by atoms with E-state index in [1.807, 2.05) is 30.6 Å². The zero-order valence-corrected chi connectivity index (χ0v) is 18.0. The summed E-state index contributed by atoms with van der Waals surface area (Å²) in [5.74, 6) is -0.398. The molecule has 3 aromatic heterocycles. The van der Waals surface area contributed by atoms with Gasteiger partial charge in [-0.1, -0.05) is 28.1 Å². The normalized spacial score (nSPS) is 11.4. The smallest absolute Gasteiger partial charge is 0.278 e. The summed E-state index contributed by atoms with van der Waals surface area (Å²) in [5, 5.41) is 5.05. The molecule has 0 spiro atoms. The van der Waals surface area contributed by atoms with Crippen LogP contribution in [-0.2, 0) is 13.1 Å². The summed E-state index contributed by atoms with van der Waals surface area (Å²) in [6.45, 7) is 4.82. The number of primary amides is 1. The van der Waals surface area contributed by atoms with Crippen molar-refractivity contribution in [2.75, 3.05) is 17.3 Å². The minimum absolute atomic E-state index is 0.233. The maximum atomic E-state index is 13.2. The van der Waals surface area contributed by atoms with E-state index in [1.54, 1.807) is 23.9 Å². The highest BCUT2D eigenvalue weighted by Gasteiger charge is 2.24. The number of pyridine rings is 1. The third-order valence-corrected chi connectivity index (χ3v) is 4.79. The number of halogens is 1. The number of nitrogens with two attached hydrogens (primary N) is 1. The van der Waals surface area contributed by atoms with Crippen molar-refractivity contribution in [1.29, 1.82) is 0 Å². The number of carbonyl (C=O) groups excluding carboxylic acids is 2. The molecule has 0 aliphatic rings. The number of alkyl halides is 1. The maximum absolute atomic E-state index is 13.2. The molecule has 0 fully saturated rings. The number of amides is 2. The van der Waals surface area contributed by atoms with Gasteiger partial charge in [0.25, 0.3) is 5.91 Å². The first kappa shape index (κ1) is 20.7. The van der Waals surface area contributed by atoms with Gasteiger partial charge in [-0.2, -0.15) is 5.10 Å². The Morgan fingerprint density at radius 3 is 2.72 bits per heavy atom. The van der Waals surface area contributed by atoms with Crippen LogP contribution in [-0.4, -0.2) is 48.5 Å². The second-order valence-electron chi connectivity index (χ2n) is 6.43. The van der Waals surface area contributed by atoms with Gasteiger partial charge in [0, 0.05) is 31.7 Å². The summed E-state index contributed by atoms with van der Waals surface area (Å²) in [7, 11) is 1.66. The molecule has 9 nitrogen and oxygen atoms in total. The largest absolute Gasteiger partial charge is 0.366 e. The summed E-state index contributed by atoms with van der Waals surface area (Å²) in [5.41, 5.74) is 7.92. The zero-order valence-electron chi connectivity index (χ0n) is 16.5. The van der Waals surface area contributed by atoms with Gasteiger partial charge in [-0.05, 0) is 26.0 Å². The average Bonchev–Trinajstić information content (AvgIpc) is 3.26. The summed E-state index contributed by atoms with van der Waals surface area (Å²) in [4.78, 5) is 35.1. The number of hydrogen-bond acceptors (Lipinski definition) is 5. The lowest BCUT2D eigenvalue weighted by Gasteiger charge is -2.17. The number of imidazole rings is 1. The first-order valence-electron chi connectivity index (χ1n) is 9.06. The number of fused-ring (bicyclic) bond motifs is 1. The Balaban J connectivity index is 2.10. The van der Waals surface area contributed by atoms with Crippen LogP contribution in [0.4, 0.5) is 5.95 Å². The predicted molar refractivity (Wildman–Crippen MR) is 114 cm³/mol. The van der Waals surface area contributed by atoms with E-state index in [0.29, 0.717) is 41.2 Å². The number of rotatable bonds is 7. The molecule has 0 atom stereocenters. The van der Waals surface area contributed by atoms with Crippen molar-refractivity contribution in [3.8, 4) is 0 Å².